The van der Waals surface area contributed by atoms with Crippen LogP contribution in [0, 0.1) is 6.92 Å². The second-order valence-electron chi connectivity index (χ2n) is 5.42. The molecular weight excluding hydrogens is 240 g/mol. The lowest BCUT2D eigenvalue weighted by Crippen LogP contribution is -2.39. The smallest absolute Gasteiger partial charge is 0.0313 e. The van der Waals surface area contributed by atoms with Gasteiger partial charge in [-0.3, -0.25) is 4.98 Å². The highest BCUT2D eigenvalue weighted by Crippen LogP contribution is 2.37. The Balaban J connectivity index is 1.83. The highest BCUT2D eigenvalue weighted by molar-refractivity contribution is 8.00. The highest BCUT2D eigenvalue weighted by atomic mass is 32.2. The van der Waals surface area contributed by atoms with Gasteiger partial charge in [-0.1, -0.05) is 25.3 Å². The van der Waals surface area contributed by atoms with Crippen molar-refractivity contribution < 1.29 is 0 Å². The average Bonchev–Trinajstić information content (AvgIpc) is 2.40. The molecule has 0 unspecified atom stereocenters. The van der Waals surface area contributed by atoms with Gasteiger partial charge in [-0.25, -0.2) is 0 Å². The first kappa shape index (κ1) is 13.9. The first-order chi connectivity index (χ1) is 8.74. The average molecular weight is 264 g/mol. The summed E-state index contributed by atoms with van der Waals surface area (Å²) in [6.45, 7) is 4.17. The predicted molar refractivity (Wildman–Crippen MR) is 80.0 cm³/mol. The van der Waals surface area contributed by atoms with Crippen LogP contribution in [0.2, 0.25) is 0 Å². The van der Waals surface area contributed by atoms with E-state index in [9.17, 15) is 0 Å². The monoisotopic (exact) mass is 264 g/mol. The van der Waals surface area contributed by atoms with Gasteiger partial charge in [0.2, 0.25) is 0 Å². The molecule has 1 saturated carbocycles. The van der Waals surface area contributed by atoms with Gasteiger partial charge in [0.15, 0.2) is 0 Å². The lowest BCUT2D eigenvalue weighted by atomic mass is 9.88. The molecule has 3 heteroatoms. The Morgan fingerprint density at radius 2 is 2.06 bits per heavy atom. The van der Waals surface area contributed by atoms with Crippen LogP contribution in [0.25, 0.3) is 0 Å². The van der Waals surface area contributed by atoms with Crippen molar-refractivity contribution >= 4 is 11.8 Å². The molecular formula is C15H24N2S. The number of aryl methyl sites for hydroxylation is 1. The molecule has 0 spiro atoms. The van der Waals surface area contributed by atoms with E-state index in [0.717, 1.165) is 13.1 Å². The fraction of sp³-hybridized carbons (Fsp3) is 0.667. The third-order valence-corrected chi connectivity index (χ3v) is 5.32. The number of hydrogen-bond donors (Lipinski definition) is 1. The first-order valence-corrected chi connectivity index (χ1v) is 8.13. The number of hydrogen-bond acceptors (Lipinski definition) is 3. The van der Waals surface area contributed by atoms with Crippen molar-refractivity contribution in [1.29, 1.82) is 0 Å². The van der Waals surface area contributed by atoms with Crippen LogP contribution in [0.3, 0.4) is 0 Å². The molecule has 100 valence electrons. The van der Waals surface area contributed by atoms with E-state index in [1.54, 1.807) is 0 Å². The third kappa shape index (κ3) is 3.72. The molecule has 0 aliphatic heterocycles. The molecule has 0 amide bonds. The van der Waals surface area contributed by atoms with E-state index in [2.05, 4.69) is 41.3 Å². The molecule has 1 N–H and O–H groups in total. The van der Waals surface area contributed by atoms with Crippen molar-refractivity contribution in [3.05, 3.63) is 29.6 Å². The molecule has 18 heavy (non-hydrogen) atoms. The van der Waals surface area contributed by atoms with Crippen LogP contribution < -0.4 is 5.32 Å². The van der Waals surface area contributed by atoms with Gasteiger partial charge in [0, 0.05) is 30.2 Å². The van der Waals surface area contributed by atoms with Crippen molar-refractivity contribution in [3.8, 4) is 0 Å². The number of thioether (sulfide) groups is 1. The zero-order valence-corrected chi connectivity index (χ0v) is 12.4. The molecule has 0 aromatic carbocycles. The van der Waals surface area contributed by atoms with Crippen LogP contribution in [0.5, 0.6) is 0 Å². The SMILES string of the molecule is CSC1(CNCc2cncc(C)c2)CCCCC1. The quantitative estimate of drug-likeness (QED) is 0.880. The Kier molecular flexibility index (Phi) is 5.07. The summed E-state index contributed by atoms with van der Waals surface area (Å²) < 4.78 is 0.482. The highest BCUT2D eigenvalue weighted by Gasteiger charge is 2.30. The largest absolute Gasteiger partial charge is 0.311 e. The van der Waals surface area contributed by atoms with Crippen LogP contribution in [0.1, 0.15) is 43.2 Å². The third-order valence-electron chi connectivity index (χ3n) is 3.91. The molecule has 2 rings (SSSR count). The second kappa shape index (κ2) is 6.58. The van der Waals surface area contributed by atoms with Crippen LogP contribution in [-0.2, 0) is 6.54 Å². The van der Waals surface area contributed by atoms with E-state index in [1.807, 2.05) is 12.4 Å². The molecule has 1 heterocycles. The maximum absolute atomic E-state index is 4.24. The van der Waals surface area contributed by atoms with Gasteiger partial charge in [-0.05, 0) is 37.1 Å². The number of aromatic nitrogens is 1. The molecule has 1 aliphatic carbocycles. The van der Waals surface area contributed by atoms with Gasteiger partial charge in [-0.2, -0.15) is 11.8 Å². The Morgan fingerprint density at radius 1 is 1.28 bits per heavy atom. The molecule has 0 saturated heterocycles. The van der Waals surface area contributed by atoms with E-state index in [1.165, 1.54) is 43.2 Å². The van der Waals surface area contributed by atoms with Gasteiger partial charge in [0.1, 0.15) is 0 Å². The van der Waals surface area contributed by atoms with E-state index in [4.69, 9.17) is 0 Å². The van der Waals surface area contributed by atoms with Crippen LogP contribution in [-0.4, -0.2) is 22.5 Å². The standard InChI is InChI=1S/C15H24N2S/c1-13-8-14(10-16-9-13)11-17-12-15(18-2)6-4-3-5-7-15/h8-10,17H,3-7,11-12H2,1-2H3. The van der Waals surface area contributed by atoms with Crippen LogP contribution in [0.4, 0.5) is 0 Å². The molecule has 0 atom stereocenters. The number of pyridine rings is 1. The van der Waals surface area contributed by atoms with Crippen molar-refractivity contribution in [2.45, 2.75) is 50.3 Å². The Morgan fingerprint density at radius 3 is 2.72 bits per heavy atom. The number of nitrogens with zero attached hydrogens (tertiary/aromatic N) is 1. The molecule has 1 aromatic rings. The summed E-state index contributed by atoms with van der Waals surface area (Å²) in [4.78, 5) is 4.24. The van der Waals surface area contributed by atoms with E-state index in [0.29, 0.717) is 4.75 Å². The van der Waals surface area contributed by atoms with E-state index in [-0.39, 0.29) is 0 Å². The summed E-state index contributed by atoms with van der Waals surface area (Å²) in [5, 5.41) is 3.63. The summed E-state index contributed by atoms with van der Waals surface area (Å²) in [5.41, 5.74) is 2.54. The summed E-state index contributed by atoms with van der Waals surface area (Å²) in [6.07, 6.45) is 13.1. The summed E-state index contributed by atoms with van der Waals surface area (Å²) in [5.74, 6) is 0. The molecule has 0 radical (unpaired) electrons. The Hall–Kier alpha value is -0.540. The zero-order valence-electron chi connectivity index (χ0n) is 11.5. The van der Waals surface area contributed by atoms with Crippen molar-refractivity contribution in [2.75, 3.05) is 12.8 Å². The lowest BCUT2D eigenvalue weighted by Gasteiger charge is -2.36. The lowest BCUT2D eigenvalue weighted by molar-refractivity contribution is 0.379. The van der Waals surface area contributed by atoms with Gasteiger partial charge in [0.05, 0.1) is 0 Å². The molecule has 1 aromatic heterocycles. The minimum atomic E-state index is 0.482. The van der Waals surface area contributed by atoms with Crippen LogP contribution in [0.15, 0.2) is 18.5 Å². The number of rotatable bonds is 5. The summed E-state index contributed by atoms with van der Waals surface area (Å²) >= 11 is 2.05. The number of nitrogens with one attached hydrogen (secondary N) is 1. The van der Waals surface area contributed by atoms with Crippen molar-refractivity contribution in [2.24, 2.45) is 0 Å². The molecule has 0 bridgehead atoms. The summed E-state index contributed by atoms with van der Waals surface area (Å²) in [6, 6.07) is 2.21. The van der Waals surface area contributed by atoms with Gasteiger partial charge in [-0.15, -0.1) is 0 Å². The first-order valence-electron chi connectivity index (χ1n) is 6.90. The van der Waals surface area contributed by atoms with Gasteiger partial charge >= 0.3 is 0 Å². The van der Waals surface area contributed by atoms with Crippen LogP contribution >= 0.6 is 11.8 Å². The normalized spacial score (nSPS) is 18.8. The fourth-order valence-corrected chi connectivity index (χ4v) is 3.74. The Labute approximate surface area is 115 Å². The maximum atomic E-state index is 4.24. The minimum Gasteiger partial charge on any atom is -0.311 e. The van der Waals surface area contributed by atoms with E-state index >= 15 is 0 Å². The van der Waals surface area contributed by atoms with Crippen molar-refractivity contribution in [1.82, 2.24) is 10.3 Å². The molecule has 1 aliphatic rings. The van der Waals surface area contributed by atoms with Gasteiger partial charge < -0.3 is 5.32 Å². The topological polar surface area (TPSA) is 24.9 Å². The fourth-order valence-electron chi connectivity index (χ4n) is 2.80. The van der Waals surface area contributed by atoms with E-state index < -0.39 is 0 Å². The zero-order chi connectivity index (χ0) is 12.8. The predicted octanol–water partition coefficient (Wildman–Crippen LogP) is 3.55. The minimum absolute atomic E-state index is 0.482. The van der Waals surface area contributed by atoms with Crippen molar-refractivity contribution in [3.63, 3.8) is 0 Å². The maximum Gasteiger partial charge on any atom is 0.0313 e. The molecule has 2 nitrogen and oxygen atoms in total. The summed E-state index contributed by atoms with van der Waals surface area (Å²) in [7, 11) is 0. The Bertz CT molecular complexity index is 373. The molecule has 1 fully saturated rings. The van der Waals surface area contributed by atoms with Gasteiger partial charge in [0.25, 0.3) is 0 Å². The second-order valence-corrected chi connectivity index (χ2v) is 6.70.